The number of anilines is 1. The number of hydrogen-bond acceptors (Lipinski definition) is 4. The number of amides is 1. The van der Waals surface area contributed by atoms with E-state index in [4.69, 9.17) is 17.3 Å². The summed E-state index contributed by atoms with van der Waals surface area (Å²) >= 11 is 5.99. The largest absolute Gasteiger partial charge is 0.399 e. The van der Waals surface area contributed by atoms with Crippen molar-refractivity contribution in [3.05, 3.63) is 23.2 Å². The van der Waals surface area contributed by atoms with Crippen LogP contribution < -0.4 is 11.1 Å². The Labute approximate surface area is 129 Å². The van der Waals surface area contributed by atoms with Crippen LogP contribution in [0.3, 0.4) is 0 Å². The summed E-state index contributed by atoms with van der Waals surface area (Å²) < 4.78 is 26.6. The van der Waals surface area contributed by atoms with E-state index in [9.17, 15) is 13.2 Å². The Bertz CT molecular complexity index is 677. The molecule has 0 radical (unpaired) electrons. The Morgan fingerprint density at radius 3 is 2.71 bits per heavy atom. The van der Waals surface area contributed by atoms with E-state index >= 15 is 0 Å². The second-order valence-corrected chi connectivity index (χ2v) is 7.73. The Morgan fingerprint density at radius 1 is 1.48 bits per heavy atom. The lowest BCUT2D eigenvalue weighted by molar-refractivity contribution is -0.128. The highest BCUT2D eigenvalue weighted by atomic mass is 35.5. The van der Waals surface area contributed by atoms with Crippen molar-refractivity contribution < 1.29 is 13.2 Å². The average molecular weight is 332 g/mol. The predicted molar refractivity (Wildman–Crippen MR) is 81.4 cm³/mol. The Kier molecular flexibility index (Phi) is 4.19. The normalized spacial score (nSPS) is 23.2. The maximum absolute atomic E-state index is 12.6. The van der Waals surface area contributed by atoms with Gasteiger partial charge in [0, 0.05) is 25.8 Å². The van der Waals surface area contributed by atoms with Gasteiger partial charge in [0.2, 0.25) is 15.9 Å². The summed E-state index contributed by atoms with van der Waals surface area (Å²) in [7, 11) is -2.19. The van der Waals surface area contributed by atoms with Crippen LogP contribution in [0.2, 0.25) is 5.02 Å². The Morgan fingerprint density at radius 2 is 2.14 bits per heavy atom. The van der Waals surface area contributed by atoms with E-state index in [1.165, 1.54) is 22.5 Å². The first-order valence-electron chi connectivity index (χ1n) is 6.48. The molecule has 1 heterocycles. The molecule has 1 aromatic rings. The third-order valence-corrected chi connectivity index (χ3v) is 6.12. The summed E-state index contributed by atoms with van der Waals surface area (Å²) in [4.78, 5) is 11.9. The lowest BCUT2D eigenvalue weighted by atomic mass is 9.89. The highest BCUT2D eigenvalue weighted by Crippen LogP contribution is 2.35. The Balaban J connectivity index is 2.32. The number of hydrogen-bond donors (Lipinski definition) is 2. The molecule has 21 heavy (non-hydrogen) atoms. The first-order valence-corrected chi connectivity index (χ1v) is 8.30. The lowest BCUT2D eigenvalue weighted by Gasteiger charge is -2.22. The molecule has 1 amide bonds. The summed E-state index contributed by atoms with van der Waals surface area (Å²) in [5, 5.41) is 2.66. The van der Waals surface area contributed by atoms with Crippen molar-refractivity contribution in [1.82, 2.24) is 9.62 Å². The molecular weight excluding hydrogens is 314 g/mol. The van der Waals surface area contributed by atoms with Gasteiger partial charge in [-0.15, -0.1) is 0 Å². The molecule has 0 saturated carbocycles. The number of sulfonamides is 1. The van der Waals surface area contributed by atoms with Crippen LogP contribution in [0.1, 0.15) is 13.3 Å². The van der Waals surface area contributed by atoms with Gasteiger partial charge in [0.15, 0.2) is 0 Å². The van der Waals surface area contributed by atoms with Gasteiger partial charge in [0.25, 0.3) is 0 Å². The number of benzene rings is 1. The molecule has 116 valence electrons. The van der Waals surface area contributed by atoms with Gasteiger partial charge in [0.05, 0.1) is 10.4 Å². The van der Waals surface area contributed by atoms with E-state index in [2.05, 4.69) is 5.32 Å². The fourth-order valence-electron chi connectivity index (χ4n) is 2.48. The topological polar surface area (TPSA) is 92.5 Å². The zero-order chi connectivity index (χ0) is 15.8. The van der Waals surface area contributed by atoms with E-state index in [1.54, 1.807) is 14.0 Å². The van der Waals surface area contributed by atoms with Crippen LogP contribution in [0, 0.1) is 5.41 Å². The van der Waals surface area contributed by atoms with E-state index < -0.39 is 15.4 Å². The minimum atomic E-state index is -3.73. The van der Waals surface area contributed by atoms with Crippen LogP contribution in [0.15, 0.2) is 23.1 Å². The number of rotatable bonds is 3. The standard InChI is InChI=1S/C13H18ClN3O3S/c1-13(12(18)16-2)5-6-17(8-13)21(19,20)11-4-3-9(15)7-10(11)14/h3-4,7H,5-6,8,15H2,1-2H3,(H,16,18). The van der Waals surface area contributed by atoms with Crippen LogP contribution >= 0.6 is 11.6 Å². The number of carbonyl (C=O) groups excluding carboxylic acids is 1. The van der Waals surface area contributed by atoms with E-state index in [1.807, 2.05) is 0 Å². The molecule has 1 aromatic carbocycles. The molecule has 3 N–H and O–H groups in total. The highest BCUT2D eigenvalue weighted by Gasteiger charge is 2.44. The number of nitrogens with zero attached hydrogens (tertiary/aromatic N) is 1. The van der Waals surface area contributed by atoms with Gasteiger partial charge in [-0.2, -0.15) is 4.31 Å². The molecular formula is C13H18ClN3O3S. The molecule has 2 rings (SSSR count). The van der Waals surface area contributed by atoms with Crippen molar-refractivity contribution >= 4 is 33.2 Å². The summed E-state index contributed by atoms with van der Waals surface area (Å²) in [5.41, 5.74) is 5.26. The van der Waals surface area contributed by atoms with Gasteiger partial charge >= 0.3 is 0 Å². The molecule has 1 aliphatic heterocycles. The number of carbonyl (C=O) groups is 1. The van der Waals surface area contributed by atoms with Crippen molar-refractivity contribution in [2.45, 2.75) is 18.2 Å². The summed E-state index contributed by atoms with van der Waals surface area (Å²) in [5.74, 6) is -0.163. The monoisotopic (exact) mass is 331 g/mol. The smallest absolute Gasteiger partial charge is 0.244 e. The van der Waals surface area contributed by atoms with Crippen molar-refractivity contribution in [2.24, 2.45) is 5.41 Å². The van der Waals surface area contributed by atoms with Crippen molar-refractivity contribution in [1.29, 1.82) is 0 Å². The second kappa shape index (κ2) is 5.47. The van der Waals surface area contributed by atoms with E-state index in [0.717, 1.165) is 0 Å². The van der Waals surface area contributed by atoms with Gasteiger partial charge < -0.3 is 11.1 Å². The van der Waals surface area contributed by atoms with Gasteiger partial charge in [-0.1, -0.05) is 11.6 Å². The van der Waals surface area contributed by atoms with Gasteiger partial charge in [-0.3, -0.25) is 4.79 Å². The molecule has 0 aliphatic carbocycles. The molecule has 0 aromatic heterocycles. The fourth-order valence-corrected chi connectivity index (χ4v) is 4.57. The molecule has 8 heteroatoms. The molecule has 6 nitrogen and oxygen atoms in total. The molecule has 0 bridgehead atoms. The third-order valence-electron chi connectivity index (χ3n) is 3.79. The molecule has 1 fully saturated rings. The number of nitrogens with two attached hydrogens (primary N) is 1. The minimum absolute atomic E-state index is 0.0134. The first-order chi connectivity index (χ1) is 9.70. The molecule has 1 saturated heterocycles. The first kappa shape index (κ1) is 16.1. The molecule has 1 aliphatic rings. The van der Waals surface area contributed by atoms with Crippen LogP contribution in [0.5, 0.6) is 0 Å². The SMILES string of the molecule is CNC(=O)C1(C)CCN(S(=O)(=O)c2ccc(N)cc2Cl)C1. The minimum Gasteiger partial charge on any atom is -0.399 e. The zero-order valence-corrected chi connectivity index (χ0v) is 13.5. The predicted octanol–water partition coefficient (Wildman–Crippen LogP) is 1.07. The fraction of sp³-hybridized carbons (Fsp3) is 0.462. The third kappa shape index (κ3) is 2.86. The van der Waals surface area contributed by atoms with Crippen molar-refractivity contribution in [3.8, 4) is 0 Å². The average Bonchev–Trinajstić information content (AvgIpc) is 2.82. The number of nitrogen functional groups attached to an aromatic ring is 1. The van der Waals surface area contributed by atoms with Crippen LogP contribution in [-0.4, -0.2) is 38.8 Å². The maximum atomic E-state index is 12.6. The number of halogens is 1. The van der Waals surface area contributed by atoms with E-state index in [0.29, 0.717) is 12.1 Å². The lowest BCUT2D eigenvalue weighted by Crippen LogP contribution is -2.40. The quantitative estimate of drug-likeness (QED) is 0.810. The van der Waals surface area contributed by atoms with Gasteiger partial charge in [-0.25, -0.2) is 8.42 Å². The van der Waals surface area contributed by atoms with Crippen LogP contribution in [0.25, 0.3) is 0 Å². The zero-order valence-electron chi connectivity index (χ0n) is 11.9. The summed E-state index contributed by atoms with van der Waals surface area (Å²) in [6, 6.07) is 4.29. The molecule has 0 spiro atoms. The highest BCUT2D eigenvalue weighted by molar-refractivity contribution is 7.89. The molecule has 1 atom stereocenters. The summed E-state index contributed by atoms with van der Waals surface area (Å²) in [6.07, 6.45) is 0.471. The van der Waals surface area contributed by atoms with Crippen molar-refractivity contribution in [2.75, 3.05) is 25.9 Å². The van der Waals surface area contributed by atoms with Gasteiger partial charge in [-0.05, 0) is 31.5 Å². The van der Waals surface area contributed by atoms with Crippen LogP contribution in [0.4, 0.5) is 5.69 Å². The van der Waals surface area contributed by atoms with Crippen LogP contribution in [-0.2, 0) is 14.8 Å². The summed E-state index contributed by atoms with van der Waals surface area (Å²) in [6.45, 7) is 2.18. The number of nitrogens with one attached hydrogen (secondary N) is 1. The maximum Gasteiger partial charge on any atom is 0.244 e. The van der Waals surface area contributed by atoms with E-state index in [-0.39, 0.29) is 28.9 Å². The molecule has 1 unspecified atom stereocenters. The second-order valence-electron chi connectivity index (χ2n) is 5.42. The van der Waals surface area contributed by atoms with Gasteiger partial charge in [0.1, 0.15) is 4.90 Å². The van der Waals surface area contributed by atoms with Crippen molar-refractivity contribution in [3.63, 3.8) is 0 Å². The Hall–Kier alpha value is -1.31.